The molecule has 19 heavy (non-hydrogen) atoms. The van der Waals surface area contributed by atoms with Crippen LogP contribution in [0, 0.1) is 0 Å². The molecular formula is C14H14N2OS2. The summed E-state index contributed by atoms with van der Waals surface area (Å²) in [5.41, 5.74) is 2.09. The van der Waals surface area contributed by atoms with Crippen molar-refractivity contribution in [3.05, 3.63) is 52.2 Å². The van der Waals surface area contributed by atoms with Crippen molar-refractivity contribution in [2.75, 3.05) is 5.32 Å². The number of aryl methyl sites for hydroxylation is 1. The minimum Gasteiger partial charge on any atom is -0.332 e. The molecule has 0 unspecified atom stereocenters. The summed E-state index contributed by atoms with van der Waals surface area (Å²) in [5, 5.41) is 7.91. The Kier molecular flexibility index (Phi) is 4.65. The van der Waals surface area contributed by atoms with Crippen LogP contribution in [-0.2, 0) is 6.42 Å². The highest BCUT2D eigenvalue weighted by Gasteiger charge is 2.09. The first-order valence-corrected chi connectivity index (χ1v) is 7.23. The summed E-state index contributed by atoms with van der Waals surface area (Å²) in [6, 6.07) is 11.5. The van der Waals surface area contributed by atoms with Gasteiger partial charge in [-0.3, -0.25) is 10.1 Å². The summed E-state index contributed by atoms with van der Waals surface area (Å²) < 4.78 is 0. The first-order valence-electron chi connectivity index (χ1n) is 5.94. The van der Waals surface area contributed by atoms with E-state index >= 15 is 0 Å². The molecule has 0 aliphatic rings. The predicted molar refractivity (Wildman–Crippen MR) is 83.8 cm³/mol. The van der Waals surface area contributed by atoms with Crippen molar-refractivity contribution in [1.29, 1.82) is 0 Å². The number of hydrogen-bond donors (Lipinski definition) is 2. The van der Waals surface area contributed by atoms with Gasteiger partial charge in [-0.25, -0.2) is 0 Å². The highest BCUT2D eigenvalue weighted by Crippen LogP contribution is 2.15. The van der Waals surface area contributed by atoms with E-state index in [1.807, 2.05) is 35.7 Å². The van der Waals surface area contributed by atoms with E-state index in [-0.39, 0.29) is 5.91 Å². The summed E-state index contributed by atoms with van der Waals surface area (Å²) in [5.74, 6) is -0.179. The van der Waals surface area contributed by atoms with Gasteiger partial charge in [0.1, 0.15) is 0 Å². The number of benzene rings is 1. The fourth-order valence-electron chi connectivity index (χ4n) is 1.68. The van der Waals surface area contributed by atoms with Crippen molar-refractivity contribution in [3.8, 4) is 0 Å². The van der Waals surface area contributed by atoms with Crippen molar-refractivity contribution in [2.24, 2.45) is 0 Å². The molecule has 1 amide bonds. The van der Waals surface area contributed by atoms with Gasteiger partial charge in [0.05, 0.1) is 4.88 Å². The summed E-state index contributed by atoms with van der Waals surface area (Å²) in [4.78, 5) is 12.5. The van der Waals surface area contributed by atoms with Gasteiger partial charge < -0.3 is 5.32 Å². The molecule has 0 spiro atoms. The zero-order valence-corrected chi connectivity index (χ0v) is 12.1. The monoisotopic (exact) mass is 290 g/mol. The van der Waals surface area contributed by atoms with Gasteiger partial charge in [-0.05, 0) is 41.7 Å². The number of carbonyl (C=O) groups is 1. The van der Waals surface area contributed by atoms with Crippen LogP contribution < -0.4 is 10.6 Å². The zero-order chi connectivity index (χ0) is 13.7. The van der Waals surface area contributed by atoms with Crippen molar-refractivity contribution >= 4 is 40.3 Å². The van der Waals surface area contributed by atoms with E-state index in [1.165, 1.54) is 11.3 Å². The third kappa shape index (κ3) is 3.62. The molecule has 2 N–H and O–H groups in total. The summed E-state index contributed by atoms with van der Waals surface area (Å²) in [6.45, 7) is 2.08. The Hall–Kier alpha value is -1.72. The van der Waals surface area contributed by atoms with Crippen LogP contribution in [0.5, 0.6) is 0 Å². The number of thiocarbonyl (C=S) groups is 1. The van der Waals surface area contributed by atoms with Gasteiger partial charge in [0.2, 0.25) is 0 Å². The first kappa shape index (κ1) is 13.7. The van der Waals surface area contributed by atoms with Gasteiger partial charge in [-0.1, -0.05) is 31.2 Å². The predicted octanol–water partition coefficient (Wildman–Crippen LogP) is 3.44. The van der Waals surface area contributed by atoms with Crippen LogP contribution in [0.3, 0.4) is 0 Å². The SMILES string of the molecule is CCc1ccccc1NC(=S)NC(=O)c1cccs1. The zero-order valence-electron chi connectivity index (χ0n) is 10.5. The van der Waals surface area contributed by atoms with E-state index in [2.05, 4.69) is 17.6 Å². The minimum absolute atomic E-state index is 0.179. The quantitative estimate of drug-likeness (QED) is 0.851. The Morgan fingerprint density at radius 3 is 2.74 bits per heavy atom. The normalized spacial score (nSPS) is 9.95. The lowest BCUT2D eigenvalue weighted by molar-refractivity contribution is 0.0981. The average molecular weight is 290 g/mol. The fourth-order valence-corrected chi connectivity index (χ4v) is 2.50. The minimum atomic E-state index is -0.179. The molecule has 0 fully saturated rings. The molecule has 2 rings (SSSR count). The molecule has 0 radical (unpaired) electrons. The molecule has 0 saturated heterocycles. The van der Waals surface area contributed by atoms with E-state index in [1.54, 1.807) is 6.07 Å². The van der Waals surface area contributed by atoms with E-state index in [9.17, 15) is 4.79 Å². The molecule has 0 saturated carbocycles. The number of thiophene rings is 1. The standard InChI is InChI=1S/C14H14N2OS2/c1-2-10-6-3-4-7-11(10)15-14(18)16-13(17)12-8-5-9-19-12/h3-9H,2H2,1H3,(H2,15,16,17,18). The number of hydrogen-bond acceptors (Lipinski definition) is 3. The number of amides is 1. The van der Waals surface area contributed by atoms with Gasteiger partial charge in [0.15, 0.2) is 5.11 Å². The Balaban J connectivity index is 2.00. The lowest BCUT2D eigenvalue weighted by Gasteiger charge is -2.12. The second-order valence-electron chi connectivity index (χ2n) is 3.90. The van der Waals surface area contributed by atoms with Crippen LogP contribution >= 0.6 is 23.6 Å². The Labute approximate surface area is 121 Å². The summed E-state index contributed by atoms with van der Waals surface area (Å²) >= 11 is 6.54. The van der Waals surface area contributed by atoms with Crippen LogP contribution in [-0.4, -0.2) is 11.0 Å². The largest absolute Gasteiger partial charge is 0.332 e. The van der Waals surface area contributed by atoms with Crippen LogP contribution in [0.15, 0.2) is 41.8 Å². The third-order valence-corrected chi connectivity index (χ3v) is 3.69. The van der Waals surface area contributed by atoms with Crippen LogP contribution in [0.4, 0.5) is 5.69 Å². The smallest absolute Gasteiger partial charge is 0.267 e. The molecule has 0 atom stereocenters. The summed E-state index contributed by atoms with van der Waals surface area (Å²) in [6.07, 6.45) is 0.907. The fraction of sp³-hybridized carbons (Fsp3) is 0.143. The van der Waals surface area contributed by atoms with Crippen molar-refractivity contribution in [2.45, 2.75) is 13.3 Å². The number of rotatable bonds is 3. The van der Waals surface area contributed by atoms with Crippen LogP contribution in [0.1, 0.15) is 22.2 Å². The molecule has 0 bridgehead atoms. The molecular weight excluding hydrogens is 276 g/mol. The molecule has 0 aliphatic carbocycles. The van der Waals surface area contributed by atoms with Gasteiger partial charge in [0.25, 0.3) is 5.91 Å². The highest BCUT2D eigenvalue weighted by atomic mass is 32.1. The average Bonchev–Trinajstić information content (AvgIpc) is 2.93. The number of nitrogens with one attached hydrogen (secondary N) is 2. The van der Waals surface area contributed by atoms with Gasteiger partial charge in [-0.15, -0.1) is 11.3 Å². The number of anilines is 1. The van der Waals surface area contributed by atoms with Gasteiger partial charge >= 0.3 is 0 Å². The van der Waals surface area contributed by atoms with Crippen molar-refractivity contribution in [1.82, 2.24) is 5.32 Å². The molecule has 1 aromatic heterocycles. The molecule has 1 aromatic carbocycles. The Morgan fingerprint density at radius 1 is 1.26 bits per heavy atom. The van der Waals surface area contributed by atoms with E-state index in [4.69, 9.17) is 12.2 Å². The Morgan fingerprint density at radius 2 is 2.05 bits per heavy atom. The highest BCUT2D eigenvalue weighted by molar-refractivity contribution is 7.80. The molecule has 3 nitrogen and oxygen atoms in total. The maximum absolute atomic E-state index is 11.8. The summed E-state index contributed by atoms with van der Waals surface area (Å²) in [7, 11) is 0. The maximum atomic E-state index is 11.8. The van der Waals surface area contributed by atoms with Crippen molar-refractivity contribution < 1.29 is 4.79 Å². The second-order valence-corrected chi connectivity index (χ2v) is 5.25. The lowest BCUT2D eigenvalue weighted by Crippen LogP contribution is -2.33. The van der Waals surface area contributed by atoms with Crippen LogP contribution in [0.25, 0.3) is 0 Å². The third-order valence-electron chi connectivity index (χ3n) is 2.62. The molecule has 5 heteroatoms. The van der Waals surface area contributed by atoms with E-state index in [0.29, 0.717) is 9.99 Å². The van der Waals surface area contributed by atoms with Gasteiger partial charge in [0, 0.05) is 5.69 Å². The molecule has 0 aliphatic heterocycles. The Bertz CT molecular complexity index is 579. The van der Waals surface area contributed by atoms with E-state index < -0.39 is 0 Å². The number of carbonyl (C=O) groups excluding carboxylic acids is 1. The maximum Gasteiger partial charge on any atom is 0.267 e. The second kappa shape index (κ2) is 6.45. The van der Waals surface area contributed by atoms with Crippen LogP contribution in [0.2, 0.25) is 0 Å². The molecule has 2 aromatic rings. The van der Waals surface area contributed by atoms with E-state index in [0.717, 1.165) is 17.7 Å². The molecule has 1 heterocycles. The lowest BCUT2D eigenvalue weighted by atomic mass is 10.1. The van der Waals surface area contributed by atoms with Crippen molar-refractivity contribution in [3.63, 3.8) is 0 Å². The topological polar surface area (TPSA) is 41.1 Å². The molecule has 98 valence electrons. The number of para-hydroxylation sites is 1. The first-order chi connectivity index (χ1) is 9.20. The van der Waals surface area contributed by atoms with Gasteiger partial charge in [-0.2, -0.15) is 0 Å².